The lowest BCUT2D eigenvalue weighted by molar-refractivity contribution is -0.0239. The molecule has 0 saturated heterocycles. The van der Waals surface area contributed by atoms with E-state index in [9.17, 15) is 5.11 Å². The Morgan fingerprint density at radius 1 is 1.33 bits per heavy atom. The summed E-state index contributed by atoms with van der Waals surface area (Å²) in [5.41, 5.74) is -0.319. The van der Waals surface area contributed by atoms with E-state index in [0.717, 1.165) is 25.2 Å². The van der Waals surface area contributed by atoms with Crippen molar-refractivity contribution in [1.29, 1.82) is 0 Å². The molecule has 0 aliphatic heterocycles. The van der Waals surface area contributed by atoms with Crippen LogP contribution in [0.25, 0.3) is 0 Å². The molecule has 1 heteroatoms. The summed E-state index contributed by atoms with van der Waals surface area (Å²) < 4.78 is 0. The summed E-state index contributed by atoms with van der Waals surface area (Å²) in [6.45, 7) is 6.67. The largest absolute Gasteiger partial charge is 0.390 e. The lowest BCUT2D eigenvalue weighted by Crippen LogP contribution is -2.34. The zero-order chi connectivity index (χ0) is 9.19. The Morgan fingerprint density at radius 2 is 1.83 bits per heavy atom. The van der Waals surface area contributed by atoms with E-state index in [1.807, 2.05) is 0 Å². The molecule has 1 N–H and O–H groups in total. The normalized spacial score (nSPS) is 37.2. The molecule has 1 aliphatic rings. The van der Waals surface area contributed by atoms with Gasteiger partial charge in [-0.3, -0.25) is 0 Å². The first-order valence-corrected chi connectivity index (χ1v) is 5.24. The van der Waals surface area contributed by atoms with Crippen LogP contribution in [0.1, 0.15) is 52.9 Å². The van der Waals surface area contributed by atoms with Crippen LogP contribution in [0.2, 0.25) is 0 Å². The van der Waals surface area contributed by atoms with Crippen LogP contribution < -0.4 is 0 Å². The summed E-state index contributed by atoms with van der Waals surface area (Å²) in [5.74, 6) is 1.46. The second-order valence-electron chi connectivity index (χ2n) is 5.00. The van der Waals surface area contributed by atoms with Gasteiger partial charge in [0.25, 0.3) is 0 Å². The van der Waals surface area contributed by atoms with Crippen LogP contribution in [0, 0.1) is 11.8 Å². The topological polar surface area (TPSA) is 20.2 Å². The molecule has 0 bridgehead atoms. The van der Waals surface area contributed by atoms with Crippen LogP contribution >= 0.6 is 0 Å². The van der Waals surface area contributed by atoms with Gasteiger partial charge >= 0.3 is 0 Å². The lowest BCUT2D eigenvalue weighted by Gasteiger charge is -2.36. The van der Waals surface area contributed by atoms with Crippen molar-refractivity contribution < 1.29 is 5.11 Å². The first kappa shape index (κ1) is 10.0. The maximum atomic E-state index is 10.2. The third kappa shape index (κ3) is 2.78. The average Bonchev–Trinajstić information content (AvgIpc) is 1.94. The third-order valence-corrected chi connectivity index (χ3v) is 2.99. The molecular weight excluding hydrogens is 148 g/mol. The molecule has 0 aromatic carbocycles. The molecule has 0 radical (unpaired) electrons. The Bertz CT molecular complexity index is 132. The van der Waals surface area contributed by atoms with E-state index in [-0.39, 0.29) is 5.60 Å². The Morgan fingerprint density at radius 3 is 2.25 bits per heavy atom. The highest BCUT2D eigenvalue weighted by Crippen LogP contribution is 2.35. The summed E-state index contributed by atoms with van der Waals surface area (Å²) in [5, 5.41) is 10.2. The Balaban J connectivity index is 2.39. The maximum absolute atomic E-state index is 10.2. The van der Waals surface area contributed by atoms with Crippen LogP contribution in [0.15, 0.2) is 0 Å². The van der Waals surface area contributed by atoms with Gasteiger partial charge in [0, 0.05) is 0 Å². The van der Waals surface area contributed by atoms with E-state index >= 15 is 0 Å². The minimum Gasteiger partial charge on any atom is -0.390 e. The van der Waals surface area contributed by atoms with Crippen molar-refractivity contribution in [2.24, 2.45) is 11.8 Å². The van der Waals surface area contributed by atoms with Gasteiger partial charge in [0.05, 0.1) is 5.60 Å². The van der Waals surface area contributed by atoms with E-state index < -0.39 is 0 Å². The van der Waals surface area contributed by atoms with E-state index in [0.29, 0.717) is 5.92 Å². The number of hydrogen-bond acceptors (Lipinski definition) is 1. The molecular formula is C11H22O. The molecule has 0 heterocycles. The number of aliphatic hydroxyl groups is 1. The zero-order valence-electron chi connectivity index (χ0n) is 8.64. The summed E-state index contributed by atoms with van der Waals surface area (Å²) in [4.78, 5) is 0. The van der Waals surface area contributed by atoms with Gasteiger partial charge in [0.2, 0.25) is 0 Å². The molecule has 72 valence electrons. The molecule has 1 saturated carbocycles. The number of hydrogen-bond donors (Lipinski definition) is 1. The van der Waals surface area contributed by atoms with Gasteiger partial charge in [-0.1, -0.05) is 20.8 Å². The summed E-state index contributed by atoms with van der Waals surface area (Å²) in [6.07, 6.45) is 5.45. The van der Waals surface area contributed by atoms with Crippen molar-refractivity contribution in [3.05, 3.63) is 0 Å². The summed E-state index contributed by atoms with van der Waals surface area (Å²) in [6, 6.07) is 0. The molecule has 1 aliphatic carbocycles. The van der Waals surface area contributed by atoms with Gasteiger partial charge < -0.3 is 5.11 Å². The van der Waals surface area contributed by atoms with E-state index in [4.69, 9.17) is 0 Å². The minimum absolute atomic E-state index is 0.319. The van der Waals surface area contributed by atoms with Gasteiger partial charge in [0.15, 0.2) is 0 Å². The van der Waals surface area contributed by atoms with Crippen LogP contribution in [-0.2, 0) is 0 Å². The fraction of sp³-hybridized carbons (Fsp3) is 1.00. The van der Waals surface area contributed by atoms with Crippen molar-refractivity contribution in [2.45, 2.75) is 58.5 Å². The zero-order valence-corrected chi connectivity index (χ0v) is 8.64. The predicted molar refractivity (Wildman–Crippen MR) is 52.0 cm³/mol. The molecule has 1 rings (SSSR count). The predicted octanol–water partition coefficient (Wildman–Crippen LogP) is 2.97. The maximum Gasteiger partial charge on any atom is 0.0650 e. The molecule has 1 fully saturated rings. The highest BCUT2D eigenvalue weighted by atomic mass is 16.3. The Kier molecular flexibility index (Phi) is 3.16. The quantitative estimate of drug-likeness (QED) is 0.675. The second-order valence-corrected chi connectivity index (χ2v) is 5.00. The fourth-order valence-corrected chi connectivity index (χ4v) is 2.26. The Labute approximate surface area is 76.2 Å². The van der Waals surface area contributed by atoms with Gasteiger partial charge in [-0.25, -0.2) is 0 Å². The van der Waals surface area contributed by atoms with Crippen molar-refractivity contribution in [1.82, 2.24) is 0 Å². The van der Waals surface area contributed by atoms with Crippen molar-refractivity contribution in [2.75, 3.05) is 0 Å². The average molecular weight is 170 g/mol. The van der Waals surface area contributed by atoms with E-state index in [1.165, 1.54) is 12.8 Å². The fourth-order valence-electron chi connectivity index (χ4n) is 2.26. The molecule has 12 heavy (non-hydrogen) atoms. The molecule has 0 aromatic rings. The lowest BCUT2D eigenvalue weighted by atomic mass is 9.76. The highest BCUT2D eigenvalue weighted by Gasteiger charge is 2.31. The van der Waals surface area contributed by atoms with Crippen molar-refractivity contribution in [3.8, 4) is 0 Å². The molecule has 0 amide bonds. The molecule has 0 spiro atoms. The van der Waals surface area contributed by atoms with E-state index in [1.54, 1.807) is 0 Å². The summed E-state index contributed by atoms with van der Waals surface area (Å²) in [7, 11) is 0. The van der Waals surface area contributed by atoms with Gasteiger partial charge in [0.1, 0.15) is 0 Å². The van der Waals surface area contributed by atoms with Crippen molar-refractivity contribution in [3.63, 3.8) is 0 Å². The van der Waals surface area contributed by atoms with Crippen LogP contribution in [-0.4, -0.2) is 10.7 Å². The van der Waals surface area contributed by atoms with Gasteiger partial charge in [-0.05, 0) is 43.9 Å². The Hall–Kier alpha value is -0.0400. The summed E-state index contributed by atoms with van der Waals surface area (Å²) >= 11 is 0. The smallest absolute Gasteiger partial charge is 0.0650 e. The van der Waals surface area contributed by atoms with Crippen molar-refractivity contribution >= 4 is 0 Å². The van der Waals surface area contributed by atoms with Gasteiger partial charge in [-0.15, -0.1) is 0 Å². The minimum atomic E-state index is -0.319. The van der Waals surface area contributed by atoms with Crippen LogP contribution in [0.4, 0.5) is 0 Å². The second kappa shape index (κ2) is 3.78. The number of rotatable bonds is 2. The molecule has 1 nitrogen and oxygen atoms in total. The molecule has 0 unspecified atom stereocenters. The molecule has 0 aromatic heterocycles. The monoisotopic (exact) mass is 170 g/mol. The van der Waals surface area contributed by atoms with Gasteiger partial charge in [-0.2, -0.15) is 0 Å². The molecule has 0 atom stereocenters. The van der Waals surface area contributed by atoms with Crippen LogP contribution in [0.5, 0.6) is 0 Å². The SMILES string of the molecule is CC(C)C[C@]1(O)CC[C@H](C)CC1. The van der Waals surface area contributed by atoms with Crippen LogP contribution in [0.3, 0.4) is 0 Å². The third-order valence-electron chi connectivity index (χ3n) is 2.99. The highest BCUT2D eigenvalue weighted by molar-refractivity contribution is 4.84. The first-order chi connectivity index (χ1) is 5.52. The van der Waals surface area contributed by atoms with E-state index in [2.05, 4.69) is 20.8 Å². The standard InChI is InChI=1S/C11H22O/c1-9(2)8-11(12)6-4-10(3)5-7-11/h9-10,12H,4-8H2,1-3H3/t10-,11-. The first-order valence-electron chi connectivity index (χ1n) is 5.24.